The highest BCUT2D eigenvalue weighted by Crippen LogP contribution is 2.72. The number of carboxylic acid groups (broad SMARTS) is 1. The molecule has 4 aliphatic rings. The largest absolute Gasteiger partial charge is 0.481 e. The topological polar surface area (TPSA) is 89.9 Å². The molecule has 1 N–H and O–H groups in total. The second-order valence-corrected chi connectivity index (χ2v) is 11.9. The van der Waals surface area contributed by atoms with Gasteiger partial charge in [0.1, 0.15) is 12.0 Å². The van der Waals surface area contributed by atoms with Crippen molar-refractivity contribution >= 4 is 17.9 Å². The van der Waals surface area contributed by atoms with E-state index in [-0.39, 0.29) is 35.2 Å². The van der Waals surface area contributed by atoms with Crippen LogP contribution in [-0.2, 0) is 23.9 Å². The fraction of sp³-hybridized carbons (Fsp3) is 0.885. The van der Waals surface area contributed by atoms with Crippen molar-refractivity contribution in [3.63, 3.8) is 0 Å². The molecule has 0 aromatic rings. The molecule has 2 unspecified atom stereocenters. The van der Waals surface area contributed by atoms with Crippen LogP contribution in [0.2, 0.25) is 0 Å². The predicted octanol–water partition coefficient (Wildman–Crippen LogP) is 4.84. The molecule has 4 fully saturated rings. The Morgan fingerprint density at radius 1 is 1.00 bits per heavy atom. The van der Waals surface area contributed by atoms with Gasteiger partial charge in [-0.3, -0.25) is 14.4 Å². The summed E-state index contributed by atoms with van der Waals surface area (Å²) in [5.74, 6) is 0.152. The first-order valence-corrected chi connectivity index (χ1v) is 12.6. The van der Waals surface area contributed by atoms with Gasteiger partial charge < -0.3 is 14.6 Å². The van der Waals surface area contributed by atoms with Crippen LogP contribution in [0.4, 0.5) is 0 Å². The van der Waals surface area contributed by atoms with Gasteiger partial charge >= 0.3 is 17.9 Å². The van der Waals surface area contributed by atoms with Crippen LogP contribution in [0.25, 0.3) is 0 Å². The van der Waals surface area contributed by atoms with E-state index in [1.54, 1.807) is 0 Å². The maximum atomic E-state index is 12.6. The molecule has 0 aromatic heterocycles. The van der Waals surface area contributed by atoms with Crippen LogP contribution >= 0.6 is 0 Å². The maximum absolute atomic E-state index is 12.6. The zero-order valence-electron chi connectivity index (χ0n) is 20.2. The van der Waals surface area contributed by atoms with Crippen LogP contribution in [0.15, 0.2) is 0 Å². The SMILES string of the molecule is CC(=O)OC[C@@]1(C(=O)O)CCC[C@@]2(C)C3CC[C@H]4C[C@@]3(CCC12)C[C@H]4COC(=O)C(C)C. The van der Waals surface area contributed by atoms with Crippen molar-refractivity contribution in [1.82, 2.24) is 0 Å². The van der Waals surface area contributed by atoms with Gasteiger partial charge in [0, 0.05) is 6.92 Å². The van der Waals surface area contributed by atoms with Gasteiger partial charge in [0.05, 0.1) is 12.5 Å². The monoisotopic (exact) mass is 448 g/mol. The number of aliphatic carboxylic acids is 1. The minimum atomic E-state index is -0.970. The molecule has 1 spiro atoms. The van der Waals surface area contributed by atoms with Crippen LogP contribution < -0.4 is 0 Å². The number of hydrogen-bond acceptors (Lipinski definition) is 5. The molecule has 6 nitrogen and oxygen atoms in total. The van der Waals surface area contributed by atoms with E-state index in [0.717, 1.165) is 44.9 Å². The summed E-state index contributed by atoms with van der Waals surface area (Å²) >= 11 is 0. The fourth-order valence-electron chi connectivity index (χ4n) is 8.67. The quantitative estimate of drug-likeness (QED) is 0.585. The van der Waals surface area contributed by atoms with Crippen molar-refractivity contribution in [2.75, 3.05) is 13.2 Å². The molecule has 4 aliphatic carbocycles. The Hall–Kier alpha value is -1.59. The fourth-order valence-corrected chi connectivity index (χ4v) is 8.67. The zero-order chi connectivity index (χ0) is 23.3. The number of rotatable bonds is 6. The second-order valence-electron chi connectivity index (χ2n) is 11.9. The lowest BCUT2D eigenvalue weighted by atomic mass is 9.40. The molecule has 0 heterocycles. The molecule has 32 heavy (non-hydrogen) atoms. The Morgan fingerprint density at radius 2 is 1.75 bits per heavy atom. The lowest BCUT2D eigenvalue weighted by Crippen LogP contribution is -2.60. The van der Waals surface area contributed by atoms with Crippen LogP contribution in [0.1, 0.15) is 85.5 Å². The first-order valence-electron chi connectivity index (χ1n) is 12.6. The van der Waals surface area contributed by atoms with Crippen LogP contribution in [-0.4, -0.2) is 36.2 Å². The summed E-state index contributed by atoms with van der Waals surface area (Å²) in [4.78, 5) is 36.2. The number of carbonyl (C=O) groups is 3. The Balaban J connectivity index is 1.57. The number of carboxylic acids is 1. The summed E-state index contributed by atoms with van der Waals surface area (Å²) in [7, 11) is 0. The Labute approximate surface area is 191 Å². The Kier molecular flexibility index (Phi) is 6.13. The molecular weight excluding hydrogens is 408 g/mol. The number of fused-ring (bicyclic) bond motifs is 3. The van der Waals surface area contributed by atoms with Gasteiger partial charge in [0.15, 0.2) is 0 Å². The average Bonchev–Trinajstić information content (AvgIpc) is 2.99. The molecule has 0 amide bonds. The van der Waals surface area contributed by atoms with Crippen LogP contribution in [0, 0.1) is 45.8 Å². The number of hydrogen-bond donors (Lipinski definition) is 1. The number of ether oxygens (including phenoxy) is 2. The van der Waals surface area contributed by atoms with E-state index in [2.05, 4.69) is 6.92 Å². The van der Waals surface area contributed by atoms with Gasteiger partial charge in [-0.2, -0.15) is 0 Å². The van der Waals surface area contributed by atoms with Gasteiger partial charge in [-0.15, -0.1) is 0 Å². The Morgan fingerprint density at radius 3 is 2.41 bits per heavy atom. The summed E-state index contributed by atoms with van der Waals surface area (Å²) in [6.07, 6.45) is 8.99. The van der Waals surface area contributed by atoms with Crippen LogP contribution in [0.3, 0.4) is 0 Å². The molecule has 4 rings (SSSR count). The smallest absolute Gasteiger partial charge is 0.313 e. The summed E-state index contributed by atoms with van der Waals surface area (Å²) < 4.78 is 11.0. The third-order valence-corrected chi connectivity index (χ3v) is 9.97. The molecule has 0 radical (unpaired) electrons. The summed E-state index contributed by atoms with van der Waals surface area (Å²) in [6, 6.07) is 0. The highest BCUT2D eigenvalue weighted by atomic mass is 16.5. The molecule has 0 aromatic carbocycles. The third-order valence-electron chi connectivity index (χ3n) is 9.97. The number of esters is 2. The van der Waals surface area contributed by atoms with Crippen molar-refractivity contribution in [3.05, 3.63) is 0 Å². The van der Waals surface area contributed by atoms with Crippen molar-refractivity contribution in [2.45, 2.75) is 85.5 Å². The van der Waals surface area contributed by atoms with Gasteiger partial charge in [-0.05, 0) is 85.9 Å². The van der Waals surface area contributed by atoms with Gasteiger partial charge in [-0.25, -0.2) is 0 Å². The molecule has 0 aliphatic heterocycles. The lowest BCUT2D eigenvalue weighted by Gasteiger charge is -2.63. The third kappa shape index (κ3) is 3.66. The average molecular weight is 449 g/mol. The molecule has 0 saturated heterocycles. The molecule has 6 heteroatoms. The lowest BCUT2D eigenvalue weighted by molar-refractivity contribution is -0.195. The van der Waals surface area contributed by atoms with Gasteiger partial charge in [0.2, 0.25) is 0 Å². The van der Waals surface area contributed by atoms with E-state index in [1.807, 2.05) is 13.8 Å². The van der Waals surface area contributed by atoms with E-state index >= 15 is 0 Å². The highest BCUT2D eigenvalue weighted by molar-refractivity contribution is 5.76. The van der Waals surface area contributed by atoms with Crippen molar-refractivity contribution in [2.24, 2.45) is 45.8 Å². The van der Waals surface area contributed by atoms with E-state index in [0.29, 0.717) is 30.8 Å². The zero-order valence-corrected chi connectivity index (χ0v) is 20.2. The van der Waals surface area contributed by atoms with Crippen molar-refractivity contribution in [3.8, 4) is 0 Å². The van der Waals surface area contributed by atoms with E-state index in [9.17, 15) is 19.5 Å². The first-order chi connectivity index (χ1) is 15.0. The van der Waals surface area contributed by atoms with Gasteiger partial charge in [0.25, 0.3) is 0 Å². The van der Waals surface area contributed by atoms with Crippen molar-refractivity contribution in [1.29, 1.82) is 0 Å². The molecule has 180 valence electrons. The summed E-state index contributed by atoms with van der Waals surface area (Å²) in [6.45, 7) is 7.97. The van der Waals surface area contributed by atoms with E-state index in [4.69, 9.17) is 9.47 Å². The standard InChI is InChI=1S/C26H40O6/c1-16(2)22(28)31-14-19-13-25-11-8-21-24(4,20(25)7-6-18(19)12-25)9-5-10-26(21,23(29)30)15-32-17(3)27/h16,18-21H,5-15H2,1-4H3,(H,29,30)/t18-,19-,20?,21?,24-,25-,26-/m0/s1. The predicted molar refractivity (Wildman–Crippen MR) is 119 cm³/mol. The summed E-state index contributed by atoms with van der Waals surface area (Å²) in [5, 5.41) is 10.3. The minimum Gasteiger partial charge on any atom is -0.481 e. The molecule has 7 atom stereocenters. The number of carbonyl (C=O) groups excluding carboxylic acids is 2. The first kappa shape index (κ1) is 23.6. The Bertz CT molecular complexity index is 776. The maximum Gasteiger partial charge on any atom is 0.313 e. The van der Waals surface area contributed by atoms with Crippen LogP contribution in [0.5, 0.6) is 0 Å². The highest BCUT2D eigenvalue weighted by Gasteiger charge is 2.67. The minimum absolute atomic E-state index is 0.00591. The second kappa shape index (κ2) is 8.32. The molecule has 2 bridgehead atoms. The molecule has 4 saturated carbocycles. The van der Waals surface area contributed by atoms with E-state index < -0.39 is 17.4 Å². The van der Waals surface area contributed by atoms with E-state index in [1.165, 1.54) is 13.3 Å². The molecular formula is C26H40O6. The summed E-state index contributed by atoms with van der Waals surface area (Å²) in [5.41, 5.74) is -0.780. The van der Waals surface area contributed by atoms with Gasteiger partial charge in [-0.1, -0.05) is 27.2 Å². The van der Waals surface area contributed by atoms with Crippen molar-refractivity contribution < 1.29 is 29.0 Å². The normalized spacial score (nSPS) is 42.7.